The number of amides is 1. The Labute approximate surface area is 144 Å². The number of rotatable bonds is 5. The van der Waals surface area contributed by atoms with Crippen molar-refractivity contribution in [2.45, 2.75) is 0 Å². The minimum absolute atomic E-state index is 0.106. The molecule has 0 spiro atoms. The number of hydrazone groups is 1. The van der Waals surface area contributed by atoms with Gasteiger partial charge in [0, 0.05) is 5.02 Å². The van der Waals surface area contributed by atoms with Crippen molar-refractivity contribution in [3.05, 3.63) is 77.3 Å². The van der Waals surface area contributed by atoms with E-state index >= 15 is 0 Å². The minimum atomic E-state index is -0.332. The fraction of sp³-hybridized carbons (Fsp3) is 0.0526. The second-order valence-corrected chi connectivity index (χ2v) is 5.58. The molecule has 1 N–H and O–H groups in total. The SMILES string of the molecule is O=C(COc1ccc2ccccc2c1)NN=Cc1cccc(Cl)c1. The summed E-state index contributed by atoms with van der Waals surface area (Å²) < 4.78 is 5.49. The molecule has 0 radical (unpaired) electrons. The summed E-state index contributed by atoms with van der Waals surface area (Å²) in [6.07, 6.45) is 1.53. The molecule has 120 valence electrons. The Kier molecular flexibility index (Phi) is 5.08. The van der Waals surface area contributed by atoms with Gasteiger partial charge in [0.2, 0.25) is 0 Å². The quantitative estimate of drug-likeness (QED) is 0.564. The second kappa shape index (κ2) is 7.62. The maximum absolute atomic E-state index is 11.8. The van der Waals surface area contributed by atoms with Crippen molar-refractivity contribution in [2.24, 2.45) is 5.10 Å². The van der Waals surface area contributed by atoms with E-state index in [1.165, 1.54) is 6.21 Å². The summed E-state index contributed by atoms with van der Waals surface area (Å²) in [6, 6.07) is 20.8. The molecule has 0 aliphatic rings. The number of halogens is 1. The molecule has 0 unspecified atom stereocenters. The van der Waals surface area contributed by atoms with E-state index in [0.29, 0.717) is 10.8 Å². The van der Waals surface area contributed by atoms with Crippen LogP contribution in [0.1, 0.15) is 5.56 Å². The molecule has 0 bridgehead atoms. The number of ether oxygens (including phenoxy) is 1. The van der Waals surface area contributed by atoms with Crippen LogP contribution in [0.2, 0.25) is 5.02 Å². The molecule has 0 heterocycles. The molecule has 0 saturated heterocycles. The number of hydrogen-bond acceptors (Lipinski definition) is 3. The third-order valence-electron chi connectivity index (χ3n) is 3.34. The van der Waals surface area contributed by atoms with Gasteiger partial charge in [-0.1, -0.05) is 54.1 Å². The van der Waals surface area contributed by atoms with Crippen LogP contribution >= 0.6 is 11.6 Å². The molecule has 5 heteroatoms. The van der Waals surface area contributed by atoms with Crippen molar-refractivity contribution in [2.75, 3.05) is 6.61 Å². The Morgan fingerprint density at radius 2 is 1.88 bits per heavy atom. The highest BCUT2D eigenvalue weighted by atomic mass is 35.5. The highest BCUT2D eigenvalue weighted by Crippen LogP contribution is 2.20. The molecule has 0 atom stereocenters. The van der Waals surface area contributed by atoms with Crippen molar-refractivity contribution >= 4 is 34.5 Å². The molecule has 3 aromatic carbocycles. The molecule has 0 aliphatic heterocycles. The number of benzene rings is 3. The van der Waals surface area contributed by atoms with Gasteiger partial charge in [-0.25, -0.2) is 5.43 Å². The van der Waals surface area contributed by atoms with Gasteiger partial charge in [0.1, 0.15) is 5.75 Å². The molecule has 0 saturated carbocycles. The van der Waals surface area contributed by atoms with E-state index < -0.39 is 0 Å². The third kappa shape index (κ3) is 4.33. The monoisotopic (exact) mass is 338 g/mol. The first-order valence-electron chi connectivity index (χ1n) is 7.40. The number of nitrogens with zero attached hydrogens (tertiary/aromatic N) is 1. The lowest BCUT2D eigenvalue weighted by atomic mass is 10.1. The largest absolute Gasteiger partial charge is 0.484 e. The number of nitrogens with one attached hydrogen (secondary N) is 1. The van der Waals surface area contributed by atoms with Crippen molar-refractivity contribution < 1.29 is 9.53 Å². The first-order valence-corrected chi connectivity index (χ1v) is 7.77. The van der Waals surface area contributed by atoms with Gasteiger partial charge < -0.3 is 4.74 Å². The lowest BCUT2D eigenvalue weighted by molar-refractivity contribution is -0.123. The molecule has 24 heavy (non-hydrogen) atoms. The van der Waals surface area contributed by atoms with E-state index in [0.717, 1.165) is 16.3 Å². The zero-order valence-corrected chi connectivity index (χ0v) is 13.5. The van der Waals surface area contributed by atoms with Gasteiger partial charge in [-0.3, -0.25) is 4.79 Å². The second-order valence-electron chi connectivity index (χ2n) is 5.15. The topological polar surface area (TPSA) is 50.7 Å². The molecule has 3 rings (SSSR count). The Bertz CT molecular complexity index is 893. The summed E-state index contributed by atoms with van der Waals surface area (Å²) in [5, 5.41) is 6.69. The van der Waals surface area contributed by atoms with Crippen molar-refractivity contribution in [1.82, 2.24) is 5.43 Å². The van der Waals surface area contributed by atoms with Crippen LogP contribution in [0.15, 0.2) is 71.8 Å². The Morgan fingerprint density at radius 1 is 1.04 bits per heavy atom. The molecule has 4 nitrogen and oxygen atoms in total. The molecule has 0 aliphatic carbocycles. The zero-order chi connectivity index (χ0) is 16.8. The summed E-state index contributed by atoms with van der Waals surface area (Å²) in [6.45, 7) is -0.106. The first-order chi connectivity index (χ1) is 11.7. The van der Waals surface area contributed by atoms with Gasteiger partial charge in [0.05, 0.1) is 6.21 Å². The smallest absolute Gasteiger partial charge is 0.277 e. The van der Waals surface area contributed by atoms with E-state index in [4.69, 9.17) is 16.3 Å². The number of carbonyl (C=O) groups excluding carboxylic acids is 1. The van der Waals surface area contributed by atoms with Gasteiger partial charge in [-0.2, -0.15) is 5.10 Å². The van der Waals surface area contributed by atoms with Crippen LogP contribution in [-0.2, 0) is 4.79 Å². The fourth-order valence-electron chi connectivity index (χ4n) is 2.20. The number of fused-ring (bicyclic) bond motifs is 1. The third-order valence-corrected chi connectivity index (χ3v) is 3.58. The van der Waals surface area contributed by atoms with Gasteiger partial charge in [0.15, 0.2) is 6.61 Å². The van der Waals surface area contributed by atoms with Gasteiger partial charge in [-0.05, 0) is 40.6 Å². The Morgan fingerprint density at radius 3 is 2.71 bits per heavy atom. The van der Waals surface area contributed by atoms with Crippen molar-refractivity contribution in [3.8, 4) is 5.75 Å². The van der Waals surface area contributed by atoms with Crippen LogP contribution in [0.5, 0.6) is 5.75 Å². The molecule has 0 aromatic heterocycles. The van der Waals surface area contributed by atoms with Crippen LogP contribution in [0.3, 0.4) is 0 Å². The van der Waals surface area contributed by atoms with Crippen LogP contribution in [0.25, 0.3) is 10.8 Å². The Hall–Kier alpha value is -2.85. The van der Waals surface area contributed by atoms with E-state index in [1.54, 1.807) is 12.1 Å². The number of carbonyl (C=O) groups is 1. The average molecular weight is 339 g/mol. The molecule has 3 aromatic rings. The summed E-state index contributed by atoms with van der Waals surface area (Å²) in [4.78, 5) is 11.8. The summed E-state index contributed by atoms with van der Waals surface area (Å²) in [5.74, 6) is 0.309. The molecular weight excluding hydrogens is 324 g/mol. The summed E-state index contributed by atoms with van der Waals surface area (Å²) in [7, 11) is 0. The highest BCUT2D eigenvalue weighted by molar-refractivity contribution is 6.30. The Balaban J connectivity index is 1.53. The van der Waals surface area contributed by atoms with Gasteiger partial charge in [-0.15, -0.1) is 0 Å². The summed E-state index contributed by atoms with van der Waals surface area (Å²) >= 11 is 5.88. The lowest BCUT2D eigenvalue weighted by Crippen LogP contribution is -2.24. The van der Waals surface area contributed by atoms with E-state index in [1.807, 2.05) is 54.6 Å². The fourth-order valence-corrected chi connectivity index (χ4v) is 2.40. The zero-order valence-electron chi connectivity index (χ0n) is 12.8. The van der Waals surface area contributed by atoms with Gasteiger partial charge in [0.25, 0.3) is 5.91 Å². The van der Waals surface area contributed by atoms with Crippen LogP contribution in [0, 0.1) is 0 Å². The predicted octanol–water partition coefficient (Wildman–Crippen LogP) is 4.02. The van der Waals surface area contributed by atoms with Crippen molar-refractivity contribution in [3.63, 3.8) is 0 Å². The van der Waals surface area contributed by atoms with E-state index in [2.05, 4.69) is 10.5 Å². The maximum Gasteiger partial charge on any atom is 0.277 e. The standard InChI is InChI=1S/C19H15ClN2O2/c20-17-7-3-4-14(10-17)12-21-22-19(23)13-24-18-9-8-15-5-1-2-6-16(15)11-18/h1-12H,13H2,(H,22,23). The van der Waals surface area contributed by atoms with Crippen LogP contribution in [0.4, 0.5) is 0 Å². The van der Waals surface area contributed by atoms with Gasteiger partial charge >= 0.3 is 0 Å². The molecule has 0 fully saturated rings. The van der Waals surface area contributed by atoms with Crippen LogP contribution in [-0.4, -0.2) is 18.7 Å². The lowest BCUT2D eigenvalue weighted by Gasteiger charge is -2.06. The van der Waals surface area contributed by atoms with Crippen LogP contribution < -0.4 is 10.2 Å². The van der Waals surface area contributed by atoms with E-state index in [9.17, 15) is 4.79 Å². The predicted molar refractivity (Wildman–Crippen MR) is 96.6 cm³/mol. The normalized spacial score (nSPS) is 10.9. The molecular formula is C19H15ClN2O2. The minimum Gasteiger partial charge on any atom is -0.484 e. The first kappa shape index (κ1) is 16.0. The number of hydrogen-bond donors (Lipinski definition) is 1. The highest BCUT2D eigenvalue weighted by Gasteiger charge is 2.02. The summed E-state index contributed by atoms with van der Waals surface area (Å²) in [5.41, 5.74) is 3.22. The van der Waals surface area contributed by atoms with E-state index in [-0.39, 0.29) is 12.5 Å². The molecule has 1 amide bonds. The average Bonchev–Trinajstić information content (AvgIpc) is 2.60. The van der Waals surface area contributed by atoms with Crippen molar-refractivity contribution in [1.29, 1.82) is 0 Å². The maximum atomic E-state index is 11.8.